The molecule has 1 nitrogen and oxygen atoms in total. The second-order valence-corrected chi connectivity index (χ2v) is 11.4. The second kappa shape index (κ2) is 7.97. The first-order chi connectivity index (χ1) is 11.1. The van der Waals surface area contributed by atoms with Gasteiger partial charge in [-0.15, -0.1) is 0 Å². The Labute approximate surface area is 143 Å². The Hall–Kier alpha value is -0.613. The minimum Gasteiger partial charge on any atom is -0.493 e. The normalized spacial score (nSPS) is 31.8. The number of rotatable bonds is 4. The van der Waals surface area contributed by atoms with E-state index in [4.69, 9.17) is 15.8 Å². The van der Waals surface area contributed by atoms with Crippen molar-refractivity contribution >= 4 is 19.2 Å². The molecule has 0 spiro atoms. The molecule has 2 fully saturated rings. The van der Waals surface area contributed by atoms with Crippen LogP contribution in [0.25, 0.3) is 0 Å². The lowest BCUT2D eigenvalue weighted by molar-refractivity contribution is 0.148. The van der Waals surface area contributed by atoms with Gasteiger partial charge < -0.3 is 4.74 Å². The fourth-order valence-corrected chi connectivity index (χ4v) is 6.78. The van der Waals surface area contributed by atoms with Crippen molar-refractivity contribution in [2.75, 3.05) is 6.61 Å². The van der Waals surface area contributed by atoms with Crippen molar-refractivity contribution in [3.63, 3.8) is 0 Å². The van der Waals surface area contributed by atoms with Gasteiger partial charge in [0.2, 0.25) is 0 Å². The third-order valence-corrected chi connectivity index (χ3v) is 8.87. The lowest BCUT2D eigenvalue weighted by atomic mass is 9.74. The molecule has 2 aliphatic rings. The Morgan fingerprint density at radius 2 is 1.61 bits per heavy atom. The van der Waals surface area contributed by atoms with Crippen LogP contribution in [0.3, 0.4) is 0 Å². The molecule has 1 aromatic carbocycles. The molecule has 0 atom stereocenters. The van der Waals surface area contributed by atoms with Crippen molar-refractivity contribution in [3.8, 4) is 5.75 Å². The van der Waals surface area contributed by atoms with Crippen LogP contribution in [0.1, 0.15) is 38.5 Å². The van der Waals surface area contributed by atoms with Crippen molar-refractivity contribution in [3.05, 3.63) is 29.8 Å². The Balaban J connectivity index is 1.41. The first-order valence-electron chi connectivity index (χ1n) is 8.83. The third-order valence-electron chi connectivity index (χ3n) is 5.64. The van der Waals surface area contributed by atoms with Gasteiger partial charge in [-0.3, -0.25) is 0 Å². The van der Waals surface area contributed by atoms with Gasteiger partial charge in [-0.25, -0.2) is 8.78 Å². The molecule has 1 saturated carbocycles. The van der Waals surface area contributed by atoms with Crippen LogP contribution in [-0.4, -0.2) is 14.7 Å². The van der Waals surface area contributed by atoms with E-state index in [0.717, 1.165) is 24.0 Å². The maximum atomic E-state index is 13.2. The Kier molecular flexibility index (Phi) is 5.97. The standard InChI is InChI=1S/C18H25ClF2OSi/c19-23-9-7-15(8-10-23)14-3-1-13(2-4-14)12-22-16-5-6-17(20)18(21)11-16/h5-6,11,13-15,23H,1-4,7-10,12H2/t13-,14-,15?,23?. The van der Waals surface area contributed by atoms with Crippen LogP contribution in [0.2, 0.25) is 12.1 Å². The fraction of sp³-hybridized carbons (Fsp3) is 0.667. The first-order valence-corrected chi connectivity index (χ1v) is 12.2. The highest BCUT2D eigenvalue weighted by atomic mass is 35.6. The Morgan fingerprint density at radius 3 is 2.26 bits per heavy atom. The summed E-state index contributed by atoms with van der Waals surface area (Å²) in [5.74, 6) is 1.06. The summed E-state index contributed by atoms with van der Waals surface area (Å²) in [7, 11) is -0.859. The number of ether oxygens (including phenoxy) is 1. The molecule has 1 saturated heterocycles. The smallest absolute Gasteiger partial charge is 0.162 e. The molecule has 1 aliphatic carbocycles. The van der Waals surface area contributed by atoms with E-state index in [-0.39, 0.29) is 0 Å². The van der Waals surface area contributed by atoms with E-state index in [9.17, 15) is 8.78 Å². The number of benzene rings is 1. The summed E-state index contributed by atoms with van der Waals surface area (Å²) in [6, 6.07) is 6.38. The average Bonchev–Trinajstić information content (AvgIpc) is 2.57. The Bertz CT molecular complexity index is 512. The van der Waals surface area contributed by atoms with Gasteiger partial charge in [0.05, 0.1) is 6.61 Å². The summed E-state index contributed by atoms with van der Waals surface area (Å²) in [6.45, 7) is 0.610. The molecule has 0 amide bonds. The summed E-state index contributed by atoms with van der Waals surface area (Å²) >= 11 is 6.34. The second-order valence-electron chi connectivity index (χ2n) is 7.18. The van der Waals surface area contributed by atoms with Crippen LogP contribution in [0, 0.1) is 29.4 Å². The molecule has 1 aromatic rings. The number of hydrogen-bond donors (Lipinski definition) is 0. The molecule has 0 bridgehead atoms. The minimum absolute atomic E-state index is 0.427. The first kappa shape index (κ1) is 17.2. The number of halogens is 3. The highest BCUT2D eigenvalue weighted by Gasteiger charge is 2.31. The SMILES string of the molecule is Fc1ccc(OC[C@H]2CC[C@H](C3CC[SiH](Cl)CC3)CC2)cc1F. The van der Waals surface area contributed by atoms with E-state index in [1.54, 1.807) is 0 Å². The van der Waals surface area contributed by atoms with Crippen molar-refractivity contribution in [2.24, 2.45) is 17.8 Å². The van der Waals surface area contributed by atoms with Crippen LogP contribution in [0.4, 0.5) is 8.78 Å². The molecule has 0 unspecified atom stereocenters. The maximum absolute atomic E-state index is 13.2. The van der Waals surface area contributed by atoms with Crippen LogP contribution >= 0.6 is 11.1 Å². The monoisotopic (exact) mass is 358 g/mol. The number of hydrogen-bond acceptors (Lipinski definition) is 1. The van der Waals surface area contributed by atoms with Gasteiger partial charge in [0.15, 0.2) is 11.6 Å². The summed E-state index contributed by atoms with van der Waals surface area (Å²) in [4.78, 5) is 0. The van der Waals surface area contributed by atoms with Gasteiger partial charge >= 0.3 is 0 Å². The van der Waals surface area contributed by atoms with E-state index in [2.05, 4.69) is 0 Å². The van der Waals surface area contributed by atoms with Gasteiger partial charge in [0.25, 0.3) is 0 Å². The molecule has 3 rings (SSSR count). The molecule has 0 N–H and O–H groups in total. The van der Waals surface area contributed by atoms with Crippen LogP contribution in [-0.2, 0) is 0 Å². The van der Waals surface area contributed by atoms with E-state index in [1.165, 1.54) is 56.7 Å². The molecule has 23 heavy (non-hydrogen) atoms. The van der Waals surface area contributed by atoms with Crippen molar-refractivity contribution in [1.82, 2.24) is 0 Å². The van der Waals surface area contributed by atoms with Crippen molar-refractivity contribution in [1.29, 1.82) is 0 Å². The quantitative estimate of drug-likeness (QED) is 0.508. The average molecular weight is 359 g/mol. The van der Waals surface area contributed by atoms with Gasteiger partial charge in [0, 0.05) is 6.07 Å². The maximum Gasteiger partial charge on any atom is 0.162 e. The van der Waals surface area contributed by atoms with E-state index >= 15 is 0 Å². The van der Waals surface area contributed by atoms with E-state index in [1.807, 2.05) is 0 Å². The predicted molar refractivity (Wildman–Crippen MR) is 92.6 cm³/mol. The zero-order valence-electron chi connectivity index (χ0n) is 13.4. The highest BCUT2D eigenvalue weighted by molar-refractivity contribution is 7.07. The summed E-state index contributed by atoms with van der Waals surface area (Å²) in [5, 5.41) is 0. The van der Waals surface area contributed by atoms with E-state index in [0.29, 0.717) is 18.3 Å². The van der Waals surface area contributed by atoms with Crippen LogP contribution < -0.4 is 4.74 Å². The zero-order valence-corrected chi connectivity index (χ0v) is 15.4. The Morgan fingerprint density at radius 1 is 0.957 bits per heavy atom. The van der Waals surface area contributed by atoms with Gasteiger partial charge in [-0.2, -0.15) is 11.1 Å². The van der Waals surface area contributed by atoms with E-state index < -0.39 is 19.7 Å². The van der Waals surface area contributed by atoms with Gasteiger partial charge in [-0.05, 0) is 67.7 Å². The molecular formula is C18H25ClF2OSi. The summed E-state index contributed by atoms with van der Waals surface area (Å²) in [6.07, 6.45) is 7.64. The van der Waals surface area contributed by atoms with Crippen molar-refractivity contribution in [2.45, 2.75) is 50.6 Å². The zero-order chi connectivity index (χ0) is 16.2. The summed E-state index contributed by atoms with van der Waals surface area (Å²) < 4.78 is 31.7. The topological polar surface area (TPSA) is 9.23 Å². The molecule has 0 aromatic heterocycles. The molecular weight excluding hydrogens is 334 g/mol. The summed E-state index contributed by atoms with van der Waals surface area (Å²) in [5.41, 5.74) is 0. The molecule has 5 heteroatoms. The molecule has 1 aliphatic heterocycles. The molecule has 128 valence electrons. The largest absolute Gasteiger partial charge is 0.493 e. The lowest BCUT2D eigenvalue weighted by Crippen LogP contribution is -2.28. The highest BCUT2D eigenvalue weighted by Crippen LogP contribution is 2.40. The fourth-order valence-electron chi connectivity index (χ4n) is 4.16. The third kappa shape index (κ3) is 4.69. The minimum atomic E-state index is -0.859. The predicted octanol–water partition coefficient (Wildman–Crippen LogP) is 5.52. The van der Waals surface area contributed by atoms with Gasteiger partial charge in [0.1, 0.15) is 13.9 Å². The van der Waals surface area contributed by atoms with Crippen LogP contribution in [0.5, 0.6) is 5.75 Å². The van der Waals surface area contributed by atoms with Crippen molar-refractivity contribution < 1.29 is 13.5 Å². The van der Waals surface area contributed by atoms with Crippen LogP contribution in [0.15, 0.2) is 18.2 Å². The van der Waals surface area contributed by atoms with Gasteiger partial charge in [-0.1, -0.05) is 12.8 Å². The molecule has 1 heterocycles. The molecule has 0 radical (unpaired) electrons. The lowest BCUT2D eigenvalue weighted by Gasteiger charge is -2.36.